The Hall–Kier alpha value is 0.350. The van der Waals surface area contributed by atoms with Crippen molar-refractivity contribution in [1.29, 1.82) is 0 Å². The molecule has 0 aromatic rings. The fourth-order valence-electron chi connectivity index (χ4n) is 0.211. The van der Waals surface area contributed by atoms with E-state index in [1.807, 2.05) is 19.0 Å². The molecule has 0 aromatic carbocycles. The van der Waals surface area contributed by atoms with Crippen LogP contribution in [0.5, 0.6) is 0 Å². The van der Waals surface area contributed by atoms with Gasteiger partial charge in [0.1, 0.15) is 5.97 Å². The van der Waals surface area contributed by atoms with E-state index in [1.165, 1.54) is 0 Å². The first kappa shape index (κ1) is 7.35. The molecule has 44 valence electrons. The summed E-state index contributed by atoms with van der Waals surface area (Å²) in [7, 11) is 8.15. The van der Waals surface area contributed by atoms with Crippen molar-refractivity contribution in [3.63, 3.8) is 0 Å². The summed E-state index contributed by atoms with van der Waals surface area (Å²) < 4.78 is 4.90. The van der Waals surface area contributed by atoms with E-state index in [0.717, 1.165) is 0 Å². The monoisotopic (exact) mass is 121 g/mol. The summed E-state index contributed by atoms with van der Waals surface area (Å²) in [6.45, 7) is 0. The predicted octanol–water partition coefficient (Wildman–Crippen LogP) is 0.353. The molecule has 0 bridgehead atoms. The van der Waals surface area contributed by atoms with Gasteiger partial charge in [-0.1, -0.05) is 9.24 Å². The number of hydrogen-bond donors (Lipinski definition) is 0. The summed E-state index contributed by atoms with van der Waals surface area (Å²) in [6, 6.07) is 0. The Morgan fingerprint density at radius 2 is 2.00 bits per heavy atom. The molecule has 0 heterocycles. The molecule has 0 amide bonds. The number of ether oxygens (including phenoxy) is 1. The zero-order valence-electron chi connectivity index (χ0n) is 5.01. The van der Waals surface area contributed by atoms with Gasteiger partial charge in [0.15, 0.2) is 0 Å². The Kier molecular flexibility index (Phi) is 3.53. The Bertz CT molecular complexity index is 49.0. The smallest absolute Gasteiger partial charge is 0.123 e. The minimum Gasteiger partial charge on any atom is -0.363 e. The zero-order valence-corrected chi connectivity index (χ0v) is 6.16. The lowest BCUT2D eigenvalue weighted by Gasteiger charge is -2.16. The fraction of sp³-hybridized carbons (Fsp3) is 1.00. The second kappa shape index (κ2) is 3.36. The van der Waals surface area contributed by atoms with Gasteiger partial charge in [-0.3, -0.25) is 4.90 Å². The average molecular weight is 121 g/mol. The first-order valence-corrected chi connectivity index (χ1v) is 2.80. The van der Waals surface area contributed by atoms with E-state index >= 15 is 0 Å². The molecule has 0 aromatic heterocycles. The van der Waals surface area contributed by atoms with Gasteiger partial charge >= 0.3 is 0 Å². The molecule has 0 rings (SSSR count). The van der Waals surface area contributed by atoms with Gasteiger partial charge < -0.3 is 4.74 Å². The third kappa shape index (κ3) is 2.98. The van der Waals surface area contributed by atoms with Gasteiger partial charge in [-0.05, 0) is 14.1 Å². The summed E-state index contributed by atoms with van der Waals surface area (Å²) in [4.78, 5) is 1.96. The van der Waals surface area contributed by atoms with Gasteiger partial charge in [-0.15, -0.1) is 0 Å². The molecular formula is C4H12NOP. The number of hydrogen-bond acceptors (Lipinski definition) is 2. The van der Waals surface area contributed by atoms with Crippen molar-refractivity contribution < 1.29 is 4.74 Å². The van der Waals surface area contributed by atoms with Crippen LogP contribution in [0.3, 0.4) is 0 Å². The topological polar surface area (TPSA) is 12.5 Å². The summed E-state index contributed by atoms with van der Waals surface area (Å²) in [6.07, 6.45) is 0. The first-order chi connectivity index (χ1) is 3.18. The Morgan fingerprint density at radius 1 is 1.57 bits per heavy atom. The average Bonchev–Trinajstić information content (AvgIpc) is 1.65. The lowest BCUT2D eigenvalue weighted by molar-refractivity contribution is 0.0669. The van der Waals surface area contributed by atoms with Crippen LogP contribution in [0.15, 0.2) is 0 Å². The maximum Gasteiger partial charge on any atom is 0.123 e. The van der Waals surface area contributed by atoms with Crippen LogP contribution in [0, 0.1) is 0 Å². The largest absolute Gasteiger partial charge is 0.363 e. The molecule has 2 atom stereocenters. The molecule has 2 nitrogen and oxygen atoms in total. The summed E-state index contributed by atoms with van der Waals surface area (Å²) >= 11 is 0. The van der Waals surface area contributed by atoms with Crippen molar-refractivity contribution in [2.45, 2.75) is 5.97 Å². The third-order valence-corrected chi connectivity index (χ3v) is 1.62. The summed E-state index contributed by atoms with van der Waals surface area (Å²) in [5, 5.41) is 0. The maximum atomic E-state index is 4.90. The molecule has 3 heteroatoms. The van der Waals surface area contributed by atoms with Crippen molar-refractivity contribution in [3.8, 4) is 0 Å². The molecule has 0 fully saturated rings. The summed E-state index contributed by atoms with van der Waals surface area (Å²) in [5.41, 5.74) is 0. The van der Waals surface area contributed by atoms with E-state index in [4.69, 9.17) is 4.74 Å². The van der Waals surface area contributed by atoms with Crippen LogP contribution < -0.4 is 0 Å². The highest BCUT2D eigenvalue weighted by Gasteiger charge is 1.97. The Labute approximate surface area is 47.0 Å². The van der Waals surface area contributed by atoms with Crippen LogP contribution in [-0.4, -0.2) is 32.1 Å². The van der Waals surface area contributed by atoms with E-state index in [-0.39, 0.29) is 5.97 Å². The van der Waals surface area contributed by atoms with Gasteiger partial charge in [0.2, 0.25) is 0 Å². The fourth-order valence-corrected chi connectivity index (χ4v) is 0.211. The SMILES string of the molecule is COC(P)N(C)C. The Balaban J connectivity index is 3.14. The van der Waals surface area contributed by atoms with E-state index in [1.54, 1.807) is 7.11 Å². The van der Waals surface area contributed by atoms with Crippen molar-refractivity contribution in [2.24, 2.45) is 0 Å². The molecule has 0 spiro atoms. The molecule has 2 unspecified atom stereocenters. The van der Waals surface area contributed by atoms with Crippen molar-refractivity contribution in [2.75, 3.05) is 21.2 Å². The normalized spacial score (nSPS) is 15.0. The zero-order chi connectivity index (χ0) is 5.86. The molecule has 7 heavy (non-hydrogen) atoms. The van der Waals surface area contributed by atoms with E-state index < -0.39 is 0 Å². The molecule has 0 saturated carbocycles. The lowest BCUT2D eigenvalue weighted by Crippen LogP contribution is -2.22. The lowest BCUT2D eigenvalue weighted by atomic mass is 10.9. The van der Waals surface area contributed by atoms with Crippen LogP contribution in [0.25, 0.3) is 0 Å². The molecule has 0 saturated heterocycles. The van der Waals surface area contributed by atoms with Crippen LogP contribution in [0.2, 0.25) is 0 Å². The molecule has 0 aliphatic rings. The van der Waals surface area contributed by atoms with Crippen LogP contribution in [0.4, 0.5) is 0 Å². The van der Waals surface area contributed by atoms with Crippen molar-refractivity contribution >= 4 is 9.24 Å². The Morgan fingerprint density at radius 3 is 2.00 bits per heavy atom. The minimum atomic E-state index is 0.153. The highest BCUT2D eigenvalue weighted by atomic mass is 31.0. The third-order valence-electron chi connectivity index (χ3n) is 0.750. The molecule has 0 aliphatic heterocycles. The molecule has 0 aliphatic carbocycles. The molecule has 0 N–H and O–H groups in total. The minimum absolute atomic E-state index is 0.153. The predicted molar refractivity (Wildman–Crippen MR) is 34.2 cm³/mol. The van der Waals surface area contributed by atoms with E-state index in [9.17, 15) is 0 Å². The second-order valence-electron chi connectivity index (χ2n) is 1.59. The van der Waals surface area contributed by atoms with Gasteiger partial charge in [-0.2, -0.15) is 0 Å². The number of methoxy groups -OCH3 is 1. The van der Waals surface area contributed by atoms with Crippen molar-refractivity contribution in [3.05, 3.63) is 0 Å². The van der Waals surface area contributed by atoms with Crippen LogP contribution in [-0.2, 0) is 4.74 Å². The number of nitrogens with zero attached hydrogens (tertiary/aromatic N) is 1. The summed E-state index contributed by atoms with van der Waals surface area (Å²) in [5.74, 6) is 0.153. The van der Waals surface area contributed by atoms with Gasteiger partial charge in [0.05, 0.1) is 0 Å². The van der Waals surface area contributed by atoms with Crippen LogP contribution >= 0.6 is 9.24 Å². The van der Waals surface area contributed by atoms with Gasteiger partial charge in [-0.25, -0.2) is 0 Å². The standard InChI is InChI=1S/C4H12NOP/c1-5(2)4(7)6-3/h4H,7H2,1-3H3. The second-order valence-corrected chi connectivity index (χ2v) is 2.16. The molecular weight excluding hydrogens is 109 g/mol. The highest BCUT2D eigenvalue weighted by Crippen LogP contribution is 2.00. The van der Waals surface area contributed by atoms with Crippen LogP contribution in [0.1, 0.15) is 0 Å². The van der Waals surface area contributed by atoms with Gasteiger partial charge in [0, 0.05) is 7.11 Å². The van der Waals surface area contributed by atoms with E-state index in [2.05, 4.69) is 9.24 Å². The molecule has 0 radical (unpaired) electrons. The quantitative estimate of drug-likeness (QED) is 0.386. The van der Waals surface area contributed by atoms with Crippen molar-refractivity contribution in [1.82, 2.24) is 4.90 Å². The number of rotatable bonds is 2. The maximum absolute atomic E-state index is 4.90. The first-order valence-electron chi connectivity index (χ1n) is 2.13. The highest BCUT2D eigenvalue weighted by molar-refractivity contribution is 7.17. The van der Waals surface area contributed by atoms with Gasteiger partial charge in [0.25, 0.3) is 0 Å². The van der Waals surface area contributed by atoms with E-state index in [0.29, 0.717) is 0 Å².